The minimum absolute atomic E-state index is 0.0188. The van der Waals surface area contributed by atoms with E-state index in [0.717, 1.165) is 25.7 Å². The van der Waals surface area contributed by atoms with Crippen molar-refractivity contribution in [3.05, 3.63) is 0 Å². The largest absolute Gasteiger partial charge is 0.391 e. The molecule has 0 atom stereocenters. The van der Waals surface area contributed by atoms with Gasteiger partial charge in [0.2, 0.25) is 5.91 Å². The van der Waals surface area contributed by atoms with Crippen LogP contribution >= 0.6 is 12.2 Å². The van der Waals surface area contributed by atoms with Crippen LogP contribution in [0.2, 0.25) is 0 Å². The van der Waals surface area contributed by atoms with Crippen LogP contribution in [0.1, 0.15) is 39.0 Å². The zero-order chi connectivity index (χ0) is 15.0. The highest BCUT2D eigenvalue weighted by atomic mass is 32.1. The normalized spacial score (nSPS) is 26.2. The maximum atomic E-state index is 11.9. The Morgan fingerprint density at radius 3 is 2.55 bits per heavy atom. The van der Waals surface area contributed by atoms with E-state index in [0.29, 0.717) is 24.1 Å². The number of hydrogen-bond donors (Lipinski definition) is 2. The first-order chi connectivity index (χ1) is 9.54. The second kappa shape index (κ2) is 8.54. The van der Waals surface area contributed by atoms with Crippen molar-refractivity contribution in [3.8, 4) is 0 Å². The molecule has 0 bridgehead atoms. The second-order valence-electron chi connectivity index (χ2n) is 5.39. The second-order valence-corrected chi connectivity index (χ2v) is 5.83. The Labute approximate surface area is 126 Å². The molecule has 20 heavy (non-hydrogen) atoms. The van der Waals surface area contributed by atoms with Crippen molar-refractivity contribution >= 4 is 23.1 Å². The predicted molar refractivity (Wildman–Crippen MR) is 82.6 cm³/mol. The Balaban J connectivity index is 2.47. The van der Waals surface area contributed by atoms with Gasteiger partial charge in [0.15, 0.2) is 0 Å². The van der Waals surface area contributed by atoms with Crippen LogP contribution in [0, 0.1) is 5.92 Å². The van der Waals surface area contributed by atoms with Crippen LogP contribution in [0.5, 0.6) is 0 Å². The molecule has 1 rings (SSSR count). The molecular formula is C14H26N2O3S. The summed E-state index contributed by atoms with van der Waals surface area (Å²) in [5.41, 5.74) is 5.34. The number of rotatable bonds is 8. The molecule has 0 saturated heterocycles. The van der Waals surface area contributed by atoms with E-state index in [2.05, 4.69) is 12.2 Å². The van der Waals surface area contributed by atoms with Gasteiger partial charge in [-0.1, -0.05) is 25.6 Å². The summed E-state index contributed by atoms with van der Waals surface area (Å²) in [7, 11) is 1.59. The number of amides is 1. The lowest BCUT2D eigenvalue weighted by Gasteiger charge is -2.40. The monoisotopic (exact) mass is 302 g/mol. The SMILES string of the molecule is CCC1CCC(NC(=O)COCCOC)(C(N)=S)CC1. The molecule has 116 valence electrons. The number of ether oxygens (including phenoxy) is 2. The van der Waals surface area contributed by atoms with E-state index in [4.69, 9.17) is 27.4 Å². The number of hydrogen-bond acceptors (Lipinski definition) is 4. The molecule has 1 aliphatic rings. The average molecular weight is 302 g/mol. The number of carbonyl (C=O) groups excluding carboxylic acids is 1. The summed E-state index contributed by atoms with van der Waals surface area (Å²) >= 11 is 5.18. The predicted octanol–water partition coefficient (Wildman–Crippen LogP) is 1.39. The van der Waals surface area contributed by atoms with Gasteiger partial charge in [-0.2, -0.15) is 0 Å². The van der Waals surface area contributed by atoms with E-state index in [9.17, 15) is 4.79 Å². The molecular weight excluding hydrogens is 276 g/mol. The summed E-state index contributed by atoms with van der Waals surface area (Å²) in [5, 5.41) is 2.98. The zero-order valence-electron chi connectivity index (χ0n) is 12.4. The summed E-state index contributed by atoms with van der Waals surface area (Å²) in [6.45, 7) is 3.10. The third-order valence-corrected chi connectivity index (χ3v) is 4.44. The highest BCUT2D eigenvalue weighted by molar-refractivity contribution is 7.80. The molecule has 1 saturated carbocycles. The smallest absolute Gasteiger partial charge is 0.246 e. The molecule has 0 aromatic heterocycles. The van der Waals surface area contributed by atoms with Gasteiger partial charge in [0.25, 0.3) is 0 Å². The fraction of sp³-hybridized carbons (Fsp3) is 0.857. The molecule has 0 spiro atoms. The Morgan fingerprint density at radius 1 is 1.40 bits per heavy atom. The number of nitrogens with two attached hydrogens (primary N) is 1. The van der Waals surface area contributed by atoms with Gasteiger partial charge in [-0.3, -0.25) is 4.79 Å². The Bertz CT molecular complexity index is 328. The number of carbonyl (C=O) groups is 1. The van der Waals surface area contributed by atoms with Gasteiger partial charge in [-0.15, -0.1) is 0 Å². The number of methoxy groups -OCH3 is 1. The minimum atomic E-state index is -0.525. The van der Waals surface area contributed by atoms with Gasteiger partial charge in [0.1, 0.15) is 6.61 Å². The zero-order valence-corrected chi connectivity index (χ0v) is 13.3. The highest BCUT2D eigenvalue weighted by Gasteiger charge is 2.38. The molecule has 0 aromatic carbocycles. The van der Waals surface area contributed by atoms with E-state index in [1.54, 1.807) is 7.11 Å². The summed E-state index contributed by atoms with van der Waals surface area (Å²) < 4.78 is 10.1. The van der Waals surface area contributed by atoms with Crippen molar-refractivity contribution in [2.24, 2.45) is 11.7 Å². The van der Waals surface area contributed by atoms with Crippen LogP contribution in [0.25, 0.3) is 0 Å². The maximum Gasteiger partial charge on any atom is 0.246 e. The molecule has 0 unspecified atom stereocenters. The van der Waals surface area contributed by atoms with Crippen molar-refractivity contribution in [3.63, 3.8) is 0 Å². The molecule has 6 heteroatoms. The van der Waals surface area contributed by atoms with Gasteiger partial charge < -0.3 is 20.5 Å². The highest BCUT2D eigenvalue weighted by Crippen LogP contribution is 2.34. The van der Waals surface area contributed by atoms with E-state index in [-0.39, 0.29) is 12.5 Å². The lowest BCUT2D eigenvalue weighted by Crippen LogP contribution is -2.59. The molecule has 0 aliphatic heterocycles. The van der Waals surface area contributed by atoms with E-state index >= 15 is 0 Å². The Kier molecular flexibility index (Phi) is 7.40. The van der Waals surface area contributed by atoms with Crippen LogP contribution in [0.3, 0.4) is 0 Å². The fourth-order valence-electron chi connectivity index (χ4n) is 2.62. The van der Waals surface area contributed by atoms with E-state index in [1.807, 2.05) is 0 Å². The fourth-order valence-corrected chi connectivity index (χ4v) is 2.88. The van der Waals surface area contributed by atoms with Crippen molar-refractivity contribution in [2.75, 3.05) is 26.9 Å². The third-order valence-electron chi connectivity index (χ3n) is 4.05. The lowest BCUT2D eigenvalue weighted by molar-refractivity contribution is -0.127. The van der Waals surface area contributed by atoms with Crippen molar-refractivity contribution in [1.29, 1.82) is 0 Å². The van der Waals surface area contributed by atoms with Crippen molar-refractivity contribution in [2.45, 2.75) is 44.6 Å². The topological polar surface area (TPSA) is 73.6 Å². The van der Waals surface area contributed by atoms with E-state index < -0.39 is 5.54 Å². The quantitative estimate of drug-likeness (QED) is 0.523. The maximum absolute atomic E-state index is 11.9. The summed E-state index contributed by atoms with van der Waals surface area (Å²) in [6.07, 6.45) is 4.92. The van der Waals surface area contributed by atoms with Crippen LogP contribution in [-0.2, 0) is 14.3 Å². The summed E-state index contributed by atoms with van der Waals surface area (Å²) in [6, 6.07) is 0. The molecule has 0 radical (unpaired) electrons. The molecule has 1 aliphatic carbocycles. The molecule has 0 aromatic rings. The first-order valence-corrected chi connectivity index (χ1v) is 7.62. The van der Waals surface area contributed by atoms with Gasteiger partial charge in [-0.25, -0.2) is 0 Å². The molecule has 1 fully saturated rings. The number of nitrogens with one attached hydrogen (secondary N) is 1. The number of thiocarbonyl (C=S) groups is 1. The average Bonchev–Trinajstić information content (AvgIpc) is 2.44. The first-order valence-electron chi connectivity index (χ1n) is 7.21. The first kappa shape index (κ1) is 17.3. The van der Waals surface area contributed by atoms with Gasteiger partial charge >= 0.3 is 0 Å². The van der Waals surface area contributed by atoms with Crippen molar-refractivity contribution < 1.29 is 14.3 Å². The third kappa shape index (κ3) is 5.00. The van der Waals surface area contributed by atoms with Gasteiger partial charge in [0.05, 0.1) is 23.7 Å². The van der Waals surface area contributed by atoms with E-state index in [1.165, 1.54) is 6.42 Å². The van der Waals surface area contributed by atoms with Crippen LogP contribution < -0.4 is 11.1 Å². The van der Waals surface area contributed by atoms with Crippen molar-refractivity contribution in [1.82, 2.24) is 5.32 Å². The van der Waals surface area contributed by atoms with Gasteiger partial charge in [0, 0.05) is 7.11 Å². The molecule has 1 amide bonds. The molecule has 3 N–H and O–H groups in total. The molecule has 5 nitrogen and oxygen atoms in total. The van der Waals surface area contributed by atoms with Crippen LogP contribution in [0.15, 0.2) is 0 Å². The summed E-state index contributed by atoms with van der Waals surface area (Å²) in [5.74, 6) is 0.552. The minimum Gasteiger partial charge on any atom is -0.391 e. The summed E-state index contributed by atoms with van der Waals surface area (Å²) in [4.78, 5) is 12.3. The Morgan fingerprint density at radius 2 is 2.05 bits per heavy atom. The molecule has 0 heterocycles. The standard InChI is InChI=1S/C14H26N2O3S/c1-3-11-4-6-14(7-5-11,13(15)20)16-12(17)10-19-9-8-18-2/h11H,3-10H2,1-2H3,(H2,15,20)(H,16,17). The van der Waals surface area contributed by atoms with Crippen LogP contribution in [0.4, 0.5) is 0 Å². The van der Waals surface area contributed by atoms with Crippen LogP contribution in [-0.4, -0.2) is 43.4 Å². The van der Waals surface area contributed by atoms with Gasteiger partial charge in [-0.05, 0) is 31.6 Å². The lowest BCUT2D eigenvalue weighted by atomic mass is 9.75. The Hall–Kier alpha value is -0.720.